The molecule has 1 heterocycles. The fourth-order valence-corrected chi connectivity index (χ4v) is 4.21. The average molecular weight is 509 g/mol. The highest BCUT2D eigenvalue weighted by molar-refractivity contribution is 6.30. The predicted molar refractivity (Wildman–Crippen MR) is 142 cm³/mol. The van der Waals surface area contributed by atoms with Gasteiger partial charge in [-0.3, -0.25) is 14.2 Å². The van der Waals surface area contributed by atoms with Crippen molar-refractivity contribution in [3.63, 3.8) is 0 Å². The Morgan fingerprint density at radius 2 is 1.70 bits per heavy atom. The standard InChI is InChI=1S/C29H21ClN4O3/c1-18-25(15-28(35)33-23-9-3-19(4-10-23)13-20(16-31)17-32)26-14-24(37-2)11-12-27(26)34(18)29(36)21-5-7-22(30)8-6-21/h3-14H,15H2,1-2H3,(H,33,35). The molecule has 4 rings (SSSR count). The molecule has 0 unspecified atom stereocenters. The fourth-order valence-electron chi connectivity index (χ4n) is 4.08. The number of nitrogens with zero attached hydrogens (tertiary/aromatic N) is 3. The molecule has 0 aliphatic carbocycles. The number of hydrogen-bond donors (Lipinski definition) is 1. The Morgan fingerprint density at radius 1 is 1.03 bits per heavy atom. The summed E-state index contributed by atoms with van der Waals surface area (Å²) < 4.78 is 6.99. The summed E-state index contributed by atoms with van der Waals surface area (Å²) in [5.41, 5.74) is 3.73. The lowest BCUT2D eigenvalue weighted by atomic mass is 10.1. The van der Waals surface area contributed by atoms with E-state index < -0.39 is 0 Å². The molecule has 4 aromatic rings. The number of methoxy groups -OCH3 is 1. The van der Waals surface area contributed by atoms with Crippen LogP contribution in [0.1, 0.15) is 27.2 Å². The molecule has 1 N–H and O–H groups in total. The second-order valence-electron chi connectivity index (χ2n) is 8.22. The molecule has 0 aliphatic heterocycles. The van der Waals surface area contributed by atoms with Gasteiger partial charge in [-0.15, -0.1) is 0 Å². The van der Waals surface area contributed by atoms with E-state index in [1.165, 1.54) is 6.08 Å². The molecular formula is C29H21ClN4O3. The zero-order valence-electron chi connectivity index (χ0n) is 20.1. The molecule has 182 valence electrons. The summed E-state index contributed by atoms with van der Waals surface area (Å²) in [5.74, 6) is 0.124. The Labute approximate surface area is 218 Å². The third-order valence-corrected chi connectivity index (χ3v) is 6.17. The molecule has 0 radical (unpaired) electrons. The maximum Gasteiger partial charge on any atom is 0.262 e. The van der Waals surface area contributed by atoms with Crippen LogP contribution in [-0.4, -0.2) is 23.5 Å². The van der Waals surface area contributed by atoms with Gasteiger partial charge in [-0.05, 0) is 78.7 Å². The number of carbonyl (C=O) groups excluding carboxylic acids is 2. The van der Waals surface area contributed by atoms with Gasteiger partial charge in [-0.1, -0.05) is 23.7 Å². The van der Waals surface area contributed by atoms with Gasteiger partial charge >= 0.3 is 0 Å². The smallest absolute Gasteiger partial charge is 0.262 e. The monoisotopic (exact) mass is 508 g/mol. The second kappa shape index (κ2) is 10.8. The molecule has 1 amide bonds. The Bertz CT molecular complexity index is 1600. The molecule has 0 atom stereocenters. The number of benzene rings is 3. The summed E-state index contributed by atoms with van der Waals surface area (Å²) in [6.07, 6.45) is 1.50. The zero-order chi connectivity index (χ0) is 26.5. The van der Waals surface area contributed by atoms with Gasteiger partial charge in [0.15, 0.2) is 0 Å². The van der Waals surface area contributed by atoms with Gasteiger partial charge in [-0.25, -0.2) is 0 Å². The summed E-state index contributed by atoms with van der Waals surface area (Å²) in [7, 11) is 1.56. The normalized spacial score (nSPS) is 10.3. The Hall–Kier alpha value is -4.85. The van der Waals surface area contributed by atoms with Crippen LogP contribution in [-0.2, 0) is 11.2 Å². The molecule has 0 saturated carbocycles. The van der Waals surface area contributed by atoms with Gasteiger partial charge in [0.1, 0.15) is 23.5 Å². The van der Waals surface area contributed by atoms with Crippen LogP contribution >= 0.6 is 11.6 Å². The van der Waals surface area contributed by atoms with Crippen LogP contribution in [0.4, 0.5) is 5.69 Å². The quantitative estimate of drug-likeness (QED) is 0.325. The van der Waals surface area contributed by atoms with Crippen molar-refractivity contribution in [3.8, 4) is 17.9 Å². The van der Waals surface area contributed by atoms with E-state index in [4.69, 9.17) is 26.9 Å². The lowest BCUT2D eigenvalue weighted by molar-refractivity contribution is -0.115. The minimum atomic E-state index is -0.262. The maximum atomic E-state index is 13.4. The number of anilines is 1. The third-order valence-electron chi connectivity index (χ3n) is 5.92. The number of carbonyl (C=O) groups is 2. The molecule has 7 nitrogen and oxygen atoms in total. The number of allylic oxidation sites excluding steroid dienone is 1. The van der Waals surface area contributed by atoms with Crippen molar-refractivity contribution in [2.45, 2.75) is 13.3 Å². The first-order valence-corrected chi connectivity index (χ1v) is 11.6. The molecule has 8 heteroatoms. The number of halogens is 1. The summed E-state index contributed by atoms with van der Waals surface area (Å²) in [4.78, 5) is 26.5. The van der Waals surface area contributed by atoms with Crippen molar-refractivity contribution in [1.82, 2.24) is 4.57 Å². The maximum absolute atomic E-state index is 13.4. The molecule has 0 saturated heterocycles. The topological polar surface area (TPSA) is 108 Å². The minimum Gasteiger partial charge on any atom is -0.497 e. The molecule has 0 bridgehead atoms. The zero-order valence-corrected chi connectivity index (χ0v) is 20.8. The van der Waals surface area contributed by atoms with Crippen LogP contribution in [0.2, 0.25) is 5.02 Å². The number of hydrogen-bond acceptors (Lipinski definition) is 5. The Kier molecular flexibility index (Phi) is 7.39. The van der Waals surface area contributed by atoms with Crippen LogP contribution in [0.15, 0.2) is 72.3 Å². The van der Waals surface area contributed by atoms with E-state index in [9.17, 15) is 9.59 Å². The van der Waals surface area contributed by atoms with Crippen molar-refractivity contribution in [2.24, 2.45) is 0 Å². The summed E-state index contributed by atoms with van der Waals surface area (Å²) in [5, 5.41) is 22.0. The average Bonchev–Trinajstić information content (AvgIpc) is 3.18. The first-order chi connectivity index (χ1) is 17.8. The largest absolute Gasteiger partial charge is 0.497 e. The Morgan fingerprint density at radius 3 is 2.32 bits per heavy atom. The molecule has 37 heavy (non-hydrogen) atoms. The van der Waals surface area contributed by atoms with Crippen molar-refractivity contribution in [3.05, 3.63) is 99.7 Å². The highest BCUT2D eigenvalue weighted by Gasteiger charge is 2.22. The van der Waals surface area contributed by atoms with Gasteiger partial charge in [0.05, 0.1) is 19.0 Å². The summed E-state index contributed by atoms with van der Waals surface area (Å²) >= 11 is 5.99. The van der Waals surface area contributed by atoms with Crippen molar-refractivity contribution in [1.29, 1.82) is 10.5 Å². The van der Waals surface area contributed by atoms with E-state index in [0.29, 0.717) is 44.4 Å². The first-order valence-electron chi connectivity index (χ1n) is 11.2. The second-order valence-corrected chi connectivity index (χ2v) is 8.66. The highest BCUT2D eigenvalue weighted by Crippen LogP contribution is 2.31. The van der Waals surface area contributed by atoms with Gasteiger partial charge in [0.25, 0.3) is 5.91 Å². The van der Waals surface area contributed by atoms with E-state index in [1.807, 2.05) is 25.1 Å². The predicted octanol–water partition coefficient (Wildman–Crippen LogP) is 5.91. The number of nitrogens with one attached hydrogen (secondary N) is 1. The minimum absolute atomic E-state index is 0.00720. The van der Waals surface area contributed by atoms with Crippen LogP contribution in [0.25, 0.3) is 17.0 Å². The lowest BCUT2D eigenvalue weighted by Gasteiger charge is -2.09. The third kappa shape index (κ3) is 5.38. The van der Waals surface area contributed by atoms with Crippen LogP contribution in [0.5, 0.6) is 5.75 Å². The number of rotatable bonds is 6. The highest BCUT2D eigenvalue weighted by atomic mass is 35.5. The van der Waals surface area contributed by atoms with Crippen molar-refractivity contribution >= 4 is 46.1 Å². The molecule has 3 aromatic carbocycles. The molecule has 1 aromatic heterocycles. The van der Waals surface area contributed by atoms with Crippen molar-refractivity contribution in [2.75, 3.05) is 12.4 Å². The van der Waals surface area contributed by atoms with Crippen LogP contribution in [0.3, 0.4) is 0 Å². The first kappa shape index (κ1) is 25.2. The number of amides is 1. The van der Waals surface area contributed by atoms with Gasteiger partial charge in [-0.2, -0.15) is 10.5 Å². The van der Waals surface area contributed by atoms with Crippen LogP contribution in [0, 0.1) is 29.6 Å². The van der Waals surface area contributed by atoms with E-state index in [-0.39, 0.29) is 23.8 Å². The van der Waals surface area contributed by atoms with Gasteiger partial charge in [0.2, 0.25) is 5.91 Å². The summed E-state index contributed by atoms with van der Waals surface area (Å²) in [6, 6.07) is 22.5. The van der Waals surface area contributed by atoms with Crippen molar-refractivity contribution < 1.29 is 14.3 Å². The van der Waals surface area contributed by atoms with Crippen LogP contribution < -0.4 is 10.1 Å². The van der Waals surface area contributed by atoms with E-state index in [1.54, 1.807) is 72.3 Å². The number of ether oxygens (including phenoxy) is 1. The van der Waals surface area contributed by atoms with E-state index in [0.717, 1.165) is 5.39 Å². The number of nitriles is 2. The van der Waals surface area contributed by atoms with E-state index >= 15 is 0 Å². The molecule has 0 spiro atoms. The fraction of sp³-hybridized carbons (Fsp3) is 0.103. The number of fused-ring (bicyclic) bond motifs is 1. The lowest BCUT2D eigenvalue weighted by Crippen LogP contribution is -2.16. The molecular weight excluding hydrogens is 488 g/mol. The molecule has 0 fully saturated rings. The summed E-state index contributed by atoms with van der Waals surface area (Å²) in [6.45, 7) is 1.81. The Balaban J connectivity index is 1.65. The van der Waals surface area contributed by atoms with E-state index in [2.05, 4.69) is 5.32 Å². The number of aromatic nitrogens is 1. The SMILES string of the molecule is COc1ccc2c(c1)c(CC(=O)Nc1ccc(C=C(C#N)C#N)cc1)c(C)n2C(=O)c1ccc(Cl)cc1. The van der Waals surface area contributed by atoms with Gasteiger partial charge in [0, 0.05) is 27.4 Å². The molecule has 0 aliphatic rings. The van der Waals surface area contributed by atoms with Gasteiger partial charge < -0.3 is 10.1 Å².